The number of aliphatic carboxylic acids is 1. The Morgan fingerprint density at radius 3 is 2.76 bits per heavy atom. The average molecular weight is 252 g/mol. The predicted molar refractivity (Wildman–Crippen MR) is 65.7 cm³/mol. The maximum Gasteiger partial charge on any atom is 0.337 e. The number of hydrogen-bond acceptors (Lipinski definition) is 4. The zero-order valence-electron chi connectivity index (χ0n) is 9.43. The third kappa shape index (κ3) is 1.99. The first kappa shape index (κ1) is 11.9. The van der Waals surface area contributed by atoms with E-state index in [1.807, 2.05) is 6.07 Å². The Labute approximate surface area is 102 Å². The van der Waals surface area contributed by atoms with Crippen LogP contribution in [-0.4, -0.2) is 23.3 Å². The van der Waals surface area contributed by atoms with Gasteiger partial charge in [0.05, 0.1) is 7.11 Å². The fourth-order valence-electron chi connectivity index (χ4n) is 1.81. The number of carboxylic acid groups (broad SMARTS) is 1. The first-order valence-corrected chi connectivity index (χ1v) is 5.84. The van der Waals surface area contributed by atoms with Gasteiger partial charge in [-0.2, -0.15) is 0 Å². The molecule has 1 heterocycles. The number of thiophene rings is 1. The molecule has 17 heavy (non-hydrogen) atoms. The number of aliphatic hydroxyl groups is 1. The van der Waals surface area contributed by atoms with Gasteiger partial charge in [-0.25, -0.2) is 4.79 Å². The zero-order chi connectivity index (χ0) is 12.6. The van der Waals surface area contributed by atoms with E-state index in [0.717, 1.165) is 20.7 Å². The molecule has 1 unspecified atom stereocenters. The van der Waals surface area contributed by atoms with Crippen LogP contribution in [0.4, 0.5) is 0 Å². The first-order chi connectivity index (χ1) is 8.04. The summed E-state index contributed by atoms with van der Waals surface area (Å²) in [5.41, 5.74) is 0.472. The number of aryl methyl sites for hydroxylation is 1. The molecule has 4 nitrogen and oxygen atoms in total. The van der Waals surface area contributed by atoms with Crippen molar-refractivity contribution in [3.05, 3.63) is 28.6 Å². The number of carboxylic acids is 1. The van der Waals surface area contributed by atoms with E-state index in [1.165, 1.54) is 11.3 Å². The lowest BCUT2D eigenvalue weighted by Crippen LogP contribution is -2.10. The van der Waals surface area contributed by atoms with Crippen LogP contribution in [0.15, 0.2) is 18.2 Å². The minimum Gasteiger partial charge on any atom is -0.497 e. The maximum atomic E-state index is 10.8. The van der Waals surface area contributed by atoms with Crippen LogP contribution in [-0.2, 0) is 4.79 Å². The van der Waals surface area contributed by atoms with Crippen LogP contribution in [0.3, 0.4) is 0 Å². The van der Waals surface area contributed by atoms with E-state index in [1.54, 1.807) is 26.2 Å². The van der Waals surface area contributed by atoms with Crippen molar-refractivity contribution >= 4 is 27.4 Å². The minimum absolute atomic E-state index is 0.472. The maximum absolute atomic E-state index is 10.8. The van der Waals surface area contributed by atoms with Gasteiger partial charge >= 0.3 is 5.97 Å². The molecule has 1 atom stereocenters. The number of carbonyl (C=O) groups is 1. The van der Waals surface area contributed by atoms with Gasteiger partial charge in [0.2, 0.25) is 0 Å². The molecule has 5 heteroatoms. The Hall–Kier alpha value is -1.59. The fourth-order valence-corrected chi connectivity index (χ4v) is 2.93. The number of benzene rings is 1. The van der Waals surface area contributed by atoms with Gasteiger partial charge < -0.3 is 14.9 Å². The lowest BCUT2D eigenvalue weighted by atomic mass is 10.1. The highest BCUT2D eigenvalue weighted by Crippen LogP contribution is 2.36. The molecule has 0 fully saturated rings. The van der Waals surface area contributed by atoms with Crippen LogP contribution >= 0.6 is 11.3 Å². The molecule has 0 aliphatic rings. The summed E-state index contributed by atoms with van der Waals surface area (Å²) >= 11 is 1.45. The summed E-state index contributed by atoms with van der Waals surface area (Å²) in [5, 5.41) is 19.3. The summed E-state index contributed by atoms with van der Waals surface area (Å²) in [4.78, 5) is 11.7. The van der Waals surface area contributed by atoms with Crippen LogP contribution in [0.2, 0.25) is 0 Å². The Balaban J connectivity index is 2.64. The van der Waals surface area contributed by atoms with E-state index in [2.05, 4.69) is 0 Å². The monoisotopic (exact) mass is 252 g/mol. The summed E-state index contributed by atoms with van der Waals surface area (Å²) < 4.78 is 6.02. The first-order valence-electron chi connectivity index (χ1n) is 5.02. The lowest BCUT2D eigenvalue weighted by Gasteiger charge is -2.06. The van der Waals surface area contributed by atoms with Crippen molar-refractivity contribution in [1.29, 1.82) is 0 Å². The second-order valence-corrected chi connectivity index (χ2v) is 4.93. The molecule has 0 aliphatic carbocycles. The molecule has 0 aliphatic heterocycles. The molecule has 0 radical (unpaired) electrons. The third-order valence-corrected chi connectivity index (χ3v) is 3.71. The van der Waals surface area contributed by atoms with Gasteiger partial charge in [-0.3, -0.25) is 0 Å². The van der Waals surface area contributed by atoms with E-state index in [-0.39, 0.29) is 0 Å². The molecule has 2 N–H and O–H groups in total. The van der Waals surface area contributed by atoms with E-state index < -0.39 is 12.1 Å². The van der Waals surface area contributed by atoms with Gasteiger partial charge in [0.1, 0.15) is 5.75 Å². The van der Waals surface area contributed by atoms with Crippen molar-refractivity contribution in [3.63, 3.8) is 0 Å². The largest absolute Gasteiger partial charge is 0.497 e. The third-order valence-electron chi connectivity index (χ3n) is 2.63. The van der Waals surface area contributed by atoms with E-state index >= 15 is 0 Å². The molecule has 2 aromatic rings. The molecule has 0 amide bonds. The van der Waals surface area contributed by atoms with E-state index in [9.17, 15) is 9.90 Å². The number of hydrogen-bond donors (Lipinski definition) is 2. The highest BCUT2D eigenvalue weighted by Gasteiger charge is 2.22. The standard InChI is InChI=1S/C12H12O4S/c1-6-10(11(13)12(14)15)8-4-3-7(16-2)5-9(8)17-6/h3-5,11,13H,1-2H3,(H,14,15). The molecule has 0 saturated heterocycles. The number of fused-ring (bicyclic) bond motifs is 1. The fraction of sp³-hybridized carbons (Fsp3) is 0.250. The average Bonchev–Trinajstić information content (AvgIpc) is 2.62. The summed E-state index contributed by atoms with van der Waals surface area (Å²) in [6.07, 6.45) is -1.47. The Kier molecular flexibility index (Phi) is 3.04. The normalized spacial score (nSPS) is 12.6. The van der Waals surface area contributed by atoms with E-state index in [4.69, 9.17) is 9.84 Å². The smallest absolute Gasteiger partial charge is 0.337 e. The van der Waals surface area contributed by atoms with Crippen LogP contribution in [0.1, 0.15) is 16.5 Å². The number of ether oxygens (including phenoxy) is 1. The minimum atomic E-state index is -1.47. The van der Waals surface area contributed by atoms with E-state index in [0.29, 0.717) is 5.56 Å². The van der Waals surface area contributed by atoms with Crippen molar-refractivity contribution in [2.75, 3.05) is 7.11 Å². The van der Waals surface area contributed by atoms with Crippen LogP contribution in [0.5, 0.6) is 5.75 Å². The summed E-state index contributed by atoms with van der Waals surface area (Å²) in [7, 11) is 1.58. The second-order valence-electron chi connectivity index (χ2n) is 3.67. The van der Waals surface area contributed by atoms with Crippen molar-refractivity contribution in [2.24, 2.45) is 0 Å². The number of methoxy groups -OCH3 is 1. The van der Waals surface area contributed by atoms with Crippen molar-refractivity contribution in [1.82, 2.24) is 0 Å². The molecular weight excluding hydrogens is 240 g/mol. The van der Waals surface area contributed by atoms with Gasteiger partial charge in [0.25, 0.3) is 0 Å². The number of aliphatic hydroxyl groups excluding tert-OH is 1. The summed E-state index contributed by atoms with van der Waals surface area (Å²) in [5.74, 6) is -0.515. The summed E-state index contributed by atoms with van der Waals surface area (Å²) in [6, 6.07) is 5.37. The second kappa shape index (κ2) is 4.35. The van der Waals surface area contributed by atoms with Gasteiger partial charge in [0.15, 0.2) is 6.10 Å². The Morgan fingerprint density at radius 1 is 1.47 bits per heavy atom. The Morgan fingerprint density at radius 2 is 2.18 bits per heavy atom. The van der Waals surface area contributed by atoms with Crippen molar-refractivity contribution in [3.8, 4) is 5.75 Å². The van der Waals surface area contributed by atoms with Gasteiger partial charge in [-0.1, -0.05) is 0 Å². The predicted octanol–water partition coefficient (Wildman–Crippen LogP) is 2.34. The van der Waals surface area contributed by atoms with Crippen LogP contribution in [0, 0.1) is 6.92 Å². The molecule has 0 saturated carbocycles. The van der Waals surface area contributed by atoms with Gasteiger partial charge in [-0.05, 0) is 30.5 Å². The molecule has 2 rings (SSSR count). The SMILES string of the molecule is COc1ccc2c(C(O)C(=O)O)c(C)sc2c1. The van der Waals surface area contributed by atoms with Gasteiger partial charge in [-0.15, -0.1) is 11.3 Å². The molecular formula is C12H12O4S. The highest BCUT2D eigenvalue weighted by molar-refractivity contribution is 7.19. The Bertz CT molecular complexity index is 573. The number of rotatable bonds is 3. The topological polar surface area (TPSA) is 66.8 Å². The lowest BCUT2D eigenvalue weighted by molar-refractivity contribution is -0.146. The van der Waals surface area contributed by atoms with Gasteiger partial charge in [0, 0.05) is 15.1 Å². The summed E-state index contributed by atoms with van der Waals surface area (Å²) in [6.45, 7) is 1.80. The molecule has 1 aromatic carbocycles. The van der Waals surface area contributed by atoms with Crippen molar-refractivity contribution in [2.45, 2.75) is 13.0 Å². The van der Waals surface area contributed by atoms with Crippen molar-refractivity contribution < 1.29 is 19.7 Å². The zero-order valence-corrected chi connectivity index (χ0v) is 10.2. The quantitative estimate of drug-likeness (QED) is 0.879. The van der Waals surface area contributed by atoms with Crippen LogP contribution < -0.4 is 4.74 Å². The molecule has 0 bridgehead atoms. The molecule has 90 valence electrons. The molecule has 1 aromatic heterocycles. The molecule has 0 spiro atoms. The van der Waals surface area contributed by atoms with Crippen LogP contribution in [0.25, 0.3) is 10.1 Å². The highest BCUT2D eigenvalue weighted by atomic mass is 32.1.